The minimum Gasteiger partial charge on any atom is -0.481 e. The highest BCUT2D eigenvalue weighted by Gasteiger charge is 2.50. The molecule has 0 amide bonds. The van der Waals surface area contributed by atoms with Crippen molar-refractivity contribution in [3.8, 4) is 0 Å². The number of hydrogen-bond acceptors (Lipinski definition) is 13. The van der Waals surface area contributed by atoms with Gasteiger partial charge < -0.3 is 60.4 Å². The molecule has 3 heterocycles. The number of nitrogens with two attached hydrogens (primary N) is 1. The summed E-state index contributed by atoms with van der Waals surface area (Å²) >= 11 is 0. The molecular weight excluding hydrogens is 618 g/mol. The molecule has 0 radical (unpaired) electrons. The first-order valence-electron chi connectivity index (χ1n) is 15.8. The third kappa shape index (κ3) is 12.0. The van der Waals surface area contributed by atoms with Crippen molar-refractivity contribution in [2.24, 2.45) is 11.7 Å². The van der Waals surface area contributed by atoms with E-state index in [1.54, 1.807) is 56.4 Å². The second kappa shape index (κ2) is 18.1. The lowest BCUT2D eigenvalue weighted by molar-refractivity contribution is -0.308. The van der Waals surface area contributed by atoms with Crippen molar-refractivity contribution in [2.45, 2.75) is 125 Å². The van der Waals surface area contributed by atoms with Crippen molar-refractivity contribution in [3.63, 3.8) is 0 Å². The van der Waals surface area contributed by atoms with E-state index in [1.165, 1.54) is 12.2 Å². The maximum absolute atomic E-state index is 12.2. The number of rotatable bonds is 3. The number of carbonyl (C=O) groups is 2. The number of carboxylic acid groups (broad SMARTS) is 1. The zero-order chi connectivity index (χ0) is 34.7. The lowest BCUT2D eigenvalue weighted by Gasteiger charge is -2.45. The van der Waals surface area contributed by atoms with Crippen LogP contribution in [0.5, 0.6) is 0 Å². The van der Waals surface area contributed by atoms with Crippen molar-refractivity contribution in [2.75, 3.05) is 0 Å². The quantitative estimate of drug-likeness (QED) is 0.147. The van der Waals surface area contributed by atoms with Gasteiger partial charge in [-0.1, -0.05) is 60.8 Å². The van der Waals surface area contributed by atoms with E-state index in [2.05, 4.69) is 0 Å². The number of fused-ring (bicyclic) bond motifs is 2. The SMILES string of the molecule is CC1O[C@@H](O[C@H]2/C=C/C=C/C=C/C=C/C[C@@H](C)OC(=O)C[C@@H](O)/C=C/C[C@H](O)C[C@]3(O)C[C@H](O)[C@@H](C(=O)O)[C@H](C2)O3)C(O)C(O)[C@@H]1N. The molecular formula is C33H49NO13. The predicted octanol–water partition coefficient (Wildman–Crippen LogP) is 0.103. The summed E-state index contributed by atoms with van der Waals surface area (Å²) in [4.78, 5) is 24.4. The molecule has 0 aromatic carbocycles. The largest absolute Gasteiger partial charge is 0.481 e. The molecule has 0 aliphatic carbocycles. The normalized spacial score (nSPS) is 45.0. The monoisotopic (exact) mass is 667 g/mol. The topological polar surface area (TPSA) is 239 Å². The first-order chi connectivity index (χ1) is 22.2. The summed E-state index contributed by atoms with van der Waals surface area (Å²) in [5.41, 5.74) is 5.90. The minimum atomic E-state index is -2.14. The van der Waals surface area contributed by atoms with Gasteiger partial charge in [-0.05, 0) is 20.3 Å². The fraction of sp³-hybridized carbons (Fsp3) is 0.636. The molecule has 3 unspecified atom stereocenters. The van der Waals surface area contributed by atoms with Crippen LogP contribution in [-0.2, 0) is 28.5 Å². The Labute approximate surface area is 274 Å². The summed E-state index contributed by atoms with van der Waals surface area (Å²) in [7, 11) is 0. The van der Waals surface area contributed by atoms with Crippen LogP contribution in [-0.4, -0.2) is 121 Å². The van der Waals surface area contributed by atoms with Crippen molar-refractivity contribution >= 4 is 11.9 Å². The van der Waals surface area contributed by atoms with Gasteiger partial charge >= 0.3 is 11.9 Å². The third-order valence-electron chi connectivity index (χ3n) is 8.20. The predicted molar refractivity (Wildman–Crippen MR) is 167 cm³/mol. The van der Waals surface area contributed by atoms with Gasteiger partial charge in [0.2, 0.25) is 0 Å². The summed E-state index contributed by atoms with van der Waals surface area (Å²) in [6, 6.07) is -0.878. The number of aliphatic hydroxyl groups is 6. The second-order valence-electron chi connectivity index (χ2n) is 12.3. The van der Waals surface area contributed by atoms with Crippen molar-refractivity contribution in [1.82, 2.24) is 0 Å². The third-order valence-corrected chi connectivity index (χ3v) is 8.20. The van der Waals surface area contributed by atoms with Gasteiger partial charge in [0.15, 0.2) is 12.1 Å². The molecule has 0 saturated carbocycles. The molecule has 13 atom stereocenters. The number of carbonyl (C=O) groups excluding carboxylic acids is 1. The Morgan fingerprint density at radius 2 is 1.62 bits per heavy atom. The van der Waals surface area contributed by atoms with E-state index >= 15 is 0 Å². The number of carboxylic acids is 1. The Kier molecular flexibility index (Phi) is 14.9. The Bertz CT molecular complexity index is 1170. The lowest BCUT2D eigenvalue weighted by Crippen LogP contribution is -2.61. The van der Waals surface area contributed by atoms with Gasteiger partial charge in [0.05, 0.1) is 49.1 Å². The van der Waals surface area contributed by atoms with Crippen LogP contribution in [0.1, 0.15) is 52.4 Å². The van der Waals surface area contributed by atoms with Crippen LogP contribution >= 0.6 is 0 Å². The molecule has 14 nitrogen and oxygen atoms in total. The van der Waals surface area contributed by atoms with Gasteiger partial charge in [0, 0.05) is 25.7 Å². The van der Waals surface area contributed by atoms with Gasteiger partial charge in [0.1, 0.15) is 24.2 Å². The van der Waals surface area contributed by atoms with Crippen LogP contribution in [0, 0.1) is 5.92 Å². The van der Waals surface area contributed by atoms with Crippen LogP contribution < -0.4 is 5.73 Å². The Hall–Kier alpha value is -2.76. The number of ether oxygens (including phenoxy) is 4. The maximum Gasteiger partial charge on any atom is 0.311 e. The average molecular weight is 668 g/mol. The highest BCUT2D eigenvalue weighted by Crippen LogP contribution is 2.38. The van der Waals surface area contributed by atoms with Crippen LogP contribution in [0.4, 0.5) is 0 Å². The van der Waals surface area contributed by atoms with E-state index in [4.69, 9.17) is 24.7 Å². The second-order valence-corrected chi connectivity index (χ2v) is 12.3. The molecule has 3 rings (SSSR count). The van der Waals surface area contributed by atoms with Gasteiger partial charge in [-0.2, -0.15) is 0 Å². The molecule has 2 saturated heterocycles. The van der Waals surface area contributed by atoms with E-state index in [0.29, 0.717) is 6.42 Å². The van der Waals surface area contributed by atoms with E-state index in [0.717, 1.165) is 0 Å². The van der Waals surface area contributed by atoms with Gasteiger partial charge in [-0.3, -0.25) is 9.59 Å². The van der Waals surface area contributed by atoms with Crippen molar-refractivity contribution < 1.29 is 64.3 Å². The molecule has 47 heavy (non-hydrogen) atoms. The van der Waals surface area contributed by atoms with Crippen LogP contribution in [0.25, 0.3) is 0 Å². The molecule has 9 N–H and O–H groups in total. The molecule has 3 aliphatic heterocycles. The number of aliphatic carboxylic acids is 1. The van der Waals surface area contributed by atoms with E-state index in [1.807, 2.05) is 6.08 Å². The molecule has 2 fully saturated rings. The van der Waals surface area contributed by atoms with Crippen LogP contribution in [0.3, 0.4) is 0 Å². The Balaban J connectivity index is 1.90. The summed E-state index contributed by atoms with van der Waals surface area (Å²) < 4.78 is 22.9. The van der Waals surface area contributed by atoms with Crippen LogP contribution in [0.2, 0.25) is 0 Å². The zero-order valence-electron chi connectivity index (χ0n) is 26.6. The average Bonchev–Trinajstić information content (AvgIpc) is 2.96. The van der Waals surface area contributed by atoms with Crippen molar-refractivity contribution in [1.29, 1.82) is 0 Å². The number of hydrogen-bond donors (Lipinski definition) is 8. The Morgan fingerprint density at radius 3 is 2.32 bits per heavy atom. The molecule has 264 valence electrons. The standard InChI is InChI=1S/C33H49NO13/c1-19-11-8-6-4-3-5-7-9-14-23(46-32-30(40)29(39)28(34)20(2)45-32)16-25-27(31(41)42)24(37)18-33(43,47-25)17-22(36)13-10-12-21(35)15-26(38)44-19/h3-10,12,14,19-25,27-30,32,35-37,39-40,43H,11,13,15-18,34H2,1-2H3,(H,41,42)/b4-3+,7-5+,8-6+,12-10+,14-9+/t19-,20?,21+,22+,23+,24+,25+,27-,28-,29?,30?,32+,33-/m1/s1. The summed E-state index contributed by atoms with van der Waals surface area (Å²) in [5, 5.41) is 74.0. The molecule has 2 bridgehead atoms. The molecule has 0 aromatic heterocycles. The lowest BCUT2D eigenvalue weighted by atomic mass is 9.83. The summed E-state index contributed by atoms with van der Waals surface area (Å²) in [5.74, 6) is -5.60. The highest BCUT2D eigenvalue weighted by molar-refractivity contribution is 5.71. The van der Waals surface area contributed by atoms with E-state index in [9.17, 15) is 45.3 Å². The van der Waals surface area contributed by atoms with Crippen molar-refractivity contribution in [3.05, 3.63) is 60.8 Å². The van der Waals surface area contributed by atoms with E-state index < -0.39 is 104 Å². The summed E-state index contributed by atoms with van der Waals surface area (Å²) in [6.07, 6.45) is 3.58. The number of esters is 1. The first kappa shape index (κ1) is 38.7. The molecule has 0 spiro atoms. The number of aliphatic hydroxyl groups excluding tert-OH is 5. The van der Waals surface area contributed by atoms with Crippen LogP contribution in [0.15, 0.2) is 60.8 Å². The Morgan fingerprint density at radius 1 is 0.936 bits per heavy atom. The van der Waals surface area contributed by atoms with Gasteiger partial charge in [-0.25, -0.2) is 0 Å². The first-order valence-corrected chi connectivity index (χ1v) is 15.8. The minimum absolute atomic E-state index is 0.0595. The highest BCUT2D eigenvalue weighted by atomic mass is 16.7. The number of allylic oxidation sites excluding steroid dienone is 6. The van der Waals surface area contributed by atoms with Gasteiger partial charge in [-0.15, -0.1) is 0 Å². The van der Waals surface area contributed by atoms with Gasteiger partial charge in [0.25, 0.3) is 0 Å². The molecule has 14 heteroatoms. The number of cyclic esters (lactones) is 1. The molecule has 3 aliphatic rings. The maximum atomic E-state index is 12.2. The smallest absolute Gasteiger partial charge is 0.311 e. The summed E-state index contributed by atoms with van der Waals surface area (Å²) in [6.45, 7) is 3.33. The van der Waals surface area contributed by atoms with E-state index in [-0.39, 0.29) is 19.3 Å². The fourth-order valence-electron chi connectivity index (χ4n) is 5.69. The molecule has 0 aromatic rings. The fourth-order valence-corrected chi connectivity index (χ4v) is 5.69. The zero-order valence-corrected chi connectivity index (χ0v) is 26.6.